The molecule has 0 saturated carbocycles. The van der Waals surface area contributed by atoms with Crippen LogP contribution in [0.5, 0.6) is 0 Å². The maximum Gasteiger partial charge on any atom is 0.240 e. The Morgan fingerprint density at radius 3 is 1.77 bits per heavy atom. The Labute approximate surface area is 86.6 Å². The lowest BCUT2D eigenvalue weighted by Crippen LogP contribution is -3.00. The molecule has 0 spiro atoms. The average Bonchev–Trinajstić information content (AvgIpc) is 1.86. The number of nitrogens with zero attached hydrogens (tertiary/aromatic N) is 1. The van der Waals surface area contributed by atoms with Crippen LogP contribution in [0, 0.1) is 0 Å². The minimum absolute atomic E-state index is 0. The normalized spacial score (nSPS) is 8.92. The molecule has 0 fully saturated rings. The minimum atomic E-state index is -0.481. The molecular formula is C8H20ClN3O. The quantitative estimate of drug-likeness (QED) is 0.371. The predicted octanol–water partition coefficient (Wildman–Crippen LogP) is -3.69. The molecule has 5 heteroatoms. The highest BCUT2D eigenvalue weighted by atomic mass is 35.5. The number of rotatable bonds is 3. The number of carbonyl (C=O) groups is 1. The Kier molecular flexibility index (Phi) is 13.3. The van der Waals surface area contributed by atoms with Crippen LogP contribution in [0.2, 0.25) is 0 Å². The summed E-state index contributed by atoms with van der Waals surface area (Å²) in [5.41, 5.74) is 9.83. The van der Waals surface area contributed by atoms with Crippen LogP contribution >= 0.6 is 0 Å². The number of halogens is 1. The standard InChI is InChI=1S/C5H15N2.C3H5NO.ClH/c1-7(2,3)5-4-6;1-2-3(4)5;/h4-6H2,1-3H3;2H,1H2,(H2,4,5);1H/q+1;;/p-1. The molecule has 0 unspecified atom stereocenters. The molecule has 80 valence electrons. The molecular weight excluding hydrogens is 190 g/mol. The van der Waals surface area contributed by atoms with Crippen molar-refractivity contribution in [3.63, 3.8) is 0 Å². The van der Waals surface area contributed by atoms with Crippen molar-refractivity contribution in [1.29, 1.82) is 0 Å². The van der Waals surface area contributed by atoms with Gasteiger partial charge >= 0.3 is 0 Å². The number of nitrogens with two attached hydrogens (primary N) is 2. The fourth-order valence-corrected chi connectivity index (χ4v) is 0.387. The summed E-state index contributed by atoms with van der Waals surface area (Å²) in [6, 6.07) is 0. The Hall–Kier alpha value is -0.580. The second-order valence-corrected chi connectivity index (χ2v) is 3.41. The lowest BCUT2D eigenvalue weighted by Gasteiger charge is -2.22. The van der Waals surface area contributed by atoms with E-state index in [-0.39, 0.29) is 12.4 Å². The number of quaternary nitrogens is 1. The second kappa shape index (κ2) is 9.51. The molecule has 0 aromatic rings. The first kappa shape index (κ1) is 18.3. The van der Waals surface area contributed by atoms with Crippen LogP contribution in [-0.2, 0) is 4.79 Å². The van der Waals surface area contributed by atoms with Gasteiger partial charge in [0.1, 0.15) is 0 Å². The molecule has 0 radical (unpaired) electrons. The van der Waals surface area contributed by atoms with Crippen LogP contribution in [0.4, 0.5) is 0 Å². The van der Waals surface area contributed by atoms with Crippen LogP contribution in [0.15, 0.2) is 12.7 Å². The molecule has 0 atom stereocenters. The molecule has 4 nitrogen and oxygen atoms in total. The largest absolute Gasteiger partial charge is 1.00 e. The number of hydrogen-bond acceptors (Lipinski definition) is 2. The molecule has 0 aromatic heterocycles. The number of likely N-dealkylation sites (N-methyl/N-ethyl adjacent to an activating group) is 1. The summed E-state index contributed by atoms with van der Waals surface area (Å²) in [7, 11) is 6.40. The molecule has 0 aliphatic carbocycles. The number of carbonyl (C=O) groups excluding carboxylic acids is 1. The zero-order valence-corrected chi connectivity index (χ0v) is 9.34. The summed E-state index contributed by atoms with van der Waals surface area (Å²) in [4.78, 5) is 9.47. The lowest BCUT2D eigenvalue weighted by molar-refractivity contribution is -0.868. The molecule has 0 aliphatic heterocycles. The fourth-order valence-electron chi connectivity index (χ4n) is 0.387. The Morgan fingerprint density at radius 1 is 1.46 bits per heavy atom. The maximum absolute atomic E-state index is 9.47. The van der Waals surface area contributed by atoms with E-state index in [1.165, 1.54) is 0 Å². The Morgan fingerprint density at radius 2 is 1.77 bits per heavy atom. The highest BCUT2D eigenvalue weighted by Gasteiger charge is 2.01. The third-order valence-electron chi connectivity index (χ3n) is 1.00. The number of amides is 1. The first-order valence-electron chi connectivity index (χ1n) is 3.76. The van der Waals surface area contributed by atoms with Gasteiger partial charge in [-0.15, -0.1) is 0 Å². The third-order valence-corrected chi connectivity index (χ3v) is 1.00. The molecule has 0 rings (SSSR count). The van der Waals surface area contributed by atoms with Crippen LogP contribution in [0.3, 0.4) is 0 Å². The lowest BCUT2D eigenvalue weighted by atomic mass is 10.5. The molecule has 1 amide bonds. The van der Waals surface area contributed by atoms with E-state index in [2.05, 4.69) is 33.5 Å². The van der Waals surface area contributed by atoms with Crippen molar-refractivity contribution in [2.24, 2.45) is 11.5 Å². The average molecular weight is 210 g/mol. The van der Waals surface area contributed by atoms with E-state index < -0.39 is 5.91 Å². The number of primary amides is 1. The van der Waals surface area contributed by atoms with Gasteiger partial charge in [-0.2, -0.15) is 0 Å². The van der Waals surface area contributed by atoms with Crippen molar-refractivity contribution in [1.82, 2.24) is 0 Å². The van der Waals surface area contributed by atoms with E-state index in [1.54, 1.807) is 0 Å². The molecule has 0 aromatic carbocycles. The zero-order chi connectivity index (χ0) is 10.2. The van der Waals surface area contributed by atoms with E-state index in [9.17, 15) is 4.79 Å². The van der Waals surface area contributed by atoms with Gasteiger partial charge in [0.2, 0.25) is 5.91 Å². The van der Waals surface area contributed by atoms with E-state index in [0.29, 0.717) is 0 Å². The summed E-state index contributed by atoms with van der Waals surface area (Å²) in [5, 5.41) is 0. The summed E-state index contributed by atoms with van der Waals surface area (Å²) < 4.78 is 0.969. The molecule has 0 saturated heterocycles. The first-order chi connectivity index (χ1) is 5.33. The first-order valence-corrected chi connectivity index (χ1v) is 3.76. The van der Waals surface area contributed by atoms with E-state index in [1.807, 2.05) is 0 Å². The van der Waals surface area contributed by atoms with Crippen molar-refractivity contribution in [2.45, 2.75) is 0 Å². The van der Waals surface area contributed by atoms with Crippen LogP contribution in [0.1, 0.15) is 0 Å². The van der Waals surface area contributed by atoms with Gasteiger partial charge in [-0.1, -0.05) is 6.58 Å². The van der Waals surface area contributed by atoms with Crippen LogP contribution in [0.25, 0.3) is 0 Å². The number of hydrogen-bond donors (Lipinski definition) is 2. The fraction of sp³-hybridized carbons (Fsp3) is 0.625. The van der Waals surface area contributed by atoms with Crippen molar-refractivity contribution in [3.8, 4) is 0 Å². The van der Waals surface area contributed by atoms with Gasteiger partial charge in [0, 0.05) is 6.54 Å². The summed E-state index contributed by atoms with van der Waals surface area (Å²) in [6.45, 7) is 4.92. The zero-order valence-electron chi connectivity index (χ0n) is 8.59. The van der Waals surface area contributed by atoms with E-state index in [0.717, 1.165) is 23.6 Å². The van der Waals surface area contributed by atoms with Crippen molar-refractivity contribution in [2.75, 3.05) is 34.2 Å². The summed E-state index contributed by atoms with van der Waals surface area (Å²) in [6.07, 6.45) is 1.06. The third kappa shape index (κ3) is 34.5. The monoisotopic (exact) mass is 209 g/mol. The van der Waals surface area contributed by atoms with E-state index >= 15 is 0 Å². The van der Waals surface area contributed by atoms with Gasteiger partial charge in [-0.25, -0.2) is 0 Å². The predicted molar refractivity (Wildman–Crippen MR) is 51.3 cm³/mol. The smallest absolute Gasteiger partial charge is 0.240 e. The minimum Gasteiger partial charge on any atom is -1.00 e. The van der Waals surface area contributed by atoms with Crippen LogP contribution in [-0.4, -0.2) is 44.6 Å². The van der Waals surface area contributed by atoms with Gasteiger partial charge < -0.3 is 28.4 Å². The van der Waals surface area contributed by atoms with Gasteiger partial charge in [-0.3, -0.25) is 4.79 Å². The van der Waals surface area contributed by atoms with E-state index in [4.69, 9.17) is 5.73 Å². The second-order valence-electron chi connectivity index (χ2n) is 3.41. The molecule has 0 bridgehead atoms. The highest BCUT2D eigenvalue weighted by Crippen LogP contribution is 1.83. The molecule has 13 heavy (non-hydrogen) atoms. The molecule has 0 heterocycles. The van der Waals surface area contributed by atoms with Crippen molar-refractivity contribution < 1.29 is 21.7 Å². The van der Waals surface area contributed by atoms with Gasteiger partial charge in [-0.05, 0) is 6.08 Å². The molecule has 0 aliphatic rings. The maximum atomic E-state index is 9.47. The summed E-state index contributed by atoms with van der Waals surface area (Å²) >= 11 is 0. The highest BCUT2D eigenvalue weighted by molar-refractivity contribution is 5.84. The van der Waals surface area contributed by atoms with Crippen molar-refractivity contribution in [3.05, 3.63) is 12.7 Å². The summed E-state index contributed by atoms with van der Waals surface area (Å²) in [5.74, 6) is -0.481. The van der Waals surface area contributed by atoms with Crippen molar-refractivity contribution >= 4 is 5.91 Å². The van der Waals surface area contributed by atoms with Gasteiger partial charge in [0.25, 0.3) is 0 Å². The van der Waals surface area contributed by atoms with Crippen LogP contribution < -0.4 is 23.9 Å². The van der Waals surface area contributed by atoms with Gasteiger partial charge in [0.15, 0.2) is 0 Å². The Bertz CT molecular complexity index is 143. The SMILES string of the molecule is C=CC(N)=O.C[N+](C)(C)CCN.[Cl-]. The molecule has 4 N–H and O–H groups in total. The topological polar surface area (TPSA) is 69.1 Å². The van der Waals surface area contributed by atoms with Gasteiger partial charge in [0.05, 0.1) is 27.7 Å². The Balaban J connectivity index is -0.000000150.